The molecule has 1 fully saturated rings. The number of amides is 2. The summed E-state index contributed by atoms with van der Waals surface area (Å²) >= 11 is 1.64. The molecule has 2 heterocycles. The number of benzene rings is 2. The van der Waals surface area contributed by atoms with Crippen molar-refractivity contribution >= 4 is 35.0 Å². The van der Waals surface area contributed by atoms with Crippen molar-refractivity contribution in [3.8, 4) is 11.3 Å². The first-order valence-corrected chi connectivity index (χ1v) is 10.8. The van der Waals surface area contributed by atoms with E-state index in [4.69, 9.17) is 0 Å². The number of carbonyl (C=O) groups is 1. The minimum Gasteiger partial charge on any atom is -0.355 e. The van der Waals surface area contributed by atoms with Crippen LogP contribution in [0, 0.1) is 0 Å². The molecule has 1 saturated heterocycles. The molecule has 4 rings (SSSR count). The van der Waals surface area contributed by atoms with E-state index in [1.54, 1.807) is 24.2 Å². The Morgan fingerprint density at radius 2 is 1.66 bits per heavy atom. The molecule has 0 radical (unpaired) electrons. The molecule has 2 N–H and O–H groups in total. The average Bonchev–Trinajstić information content (AvgIpc) is 3.29. The Labute approximate surface area is 174 Å². The van der Waals surface area contributed by atoms with Crippen molar-refractivity contribution in [3.63, 3.8) is 0 Å². The molecular weight excluding hydrogens is 382 g/mol. The zero-order chi connectivity index (χ0) is 20.1. The second kappa shape index (κ2) is 8.96. The van der Waals surface area contributed by atoms with Crippen LogP contribution in [0.1, 0.15) is 12.8 Å². The molecule has 2 aromatic carbocycles. The first-order chi connectivity index (χ1) is 14.2. The number of rotatable bonds is 5. The summed E-state index contributed by atoms with van der Waals surface area (Å²) in [7, 11) is 0. The van der Waals surface area contributed by atoms with Gasteiger partial charge in [0, 0.05) is 47.3 Å². The largest absolute Gasteiger partial charge is 0.355 e. The first kappa shape index (κ1) is 19.3. The number of nitrogens with zero attached hydrogens (tertiary/aromatic N) is 3. The maximum Gasteiger partial charge on any atom is 0.323 e. The van der Waals surface area contributed by atoms with Gasteiger partial charge in [0.15, 0.2) is 5.82 Å². The number of aromatic nitrogens is 2. The molecular formula is C22H23N5OS. The Hall–Kier alpha value is -3.06. The second-order valence-corrected chi connectivity index (χ2v) is 7.69. The van der Waals surface area contributed by atoms with Crippen LogP contribution in [0.3, 0.4) is 0 Å². The highest BCUT2D eigenvalue weighted by Crippen LogP contribution is 2.30. The van der Waals surface area contributed by atoms with Crippen molar-refractivity contribution in [2.45, 2.75) is 17.7 Å². The summed E-state index contributed by atoms with van der Waals surface area (Å²) in [5.41, 5.74) is 3.24. The van der Waals surface area contributed by atoms with Gasteiger partial charge in [-0.15, -0.1) is 11.8 Å². The minimum absolute atomic E-state index is 0.278. The van der Waals surface area contributed by atoms with Crippen molar-refractivity contribution in [2.75, 3.05) is 34.9 Å². The lowest BCUT2D eigenvalue weighted by Gasteiger charge is -2.19. The smallest absolute Gasteiger partial charge is 0.323 e. The number of nitrogens with one attached hydrogen (secondary N) is 2. The van der Waals surface area contributed by atoms with Crippen LogP contribution in [0.2, 0.25) is 0 Å². The van der Waals surface area contributed by atoms with Gasteiger partial charge in [-0.05, 0) is 49.4 Å². The van der Waals surface area contributed by atoms with Gasteiger partial charge in [0.25, 0.3) is 0 Å². The minimum atomic E-state index is -0.278. The lowest BCUT2D eigenvalue weighted by atomic mass is 10.1. The summed E-state index contributed by atoms with van der Waals surface area (Å²) in [6.45, 7) is 2.00. The van der Waals surface area contributed by atoms with Gasteiger partial charge in [0.05, 0.1) is 0 Å². The number of thioether (sulfide) groups is 1. The molecule has 1 aliphatic rings. The van der Waals surface area contributed by atoms with Gasteiger partial charge in [-0.3, -0.25) is 4.98 Å². The molecule has 0 spiro atoms. The van der Waals surface area contributed by atoms with Gasteiger partial charge in [0.2, 0.25) is 0 Å². The standard InChI is InChI=1S/C22H23N5OS/c1-29-19-9-5-8-18(15-19)26-22(28)25-17-7-4-6-16(14-17)20-21(24-11-10-23-20)27-12-2-3-13-27/h4-11,14-15H,2-3,12-13H2,1H3,(H2,25,26,28). The van der Waals surface area contributed by atoms with E-state index in [1.165, 1.54) is 12.8 Å². The third-order valence-electron chi connectivity index (χ3n) is 4.81. The monoisotopic (exact) mass is 405 g/mol. The molecule has 0 bridgehead atoms. The Balaban J connectivity index is 1.51. The van der Waals surface area contributed by atoms with Crippen LogP contribution >= 0.6 is 11.8 Å². The van der Waals surface area contributed by atoms with E-state index in [0.29, 0.717) is 5.69 Å². The van der Waals surface area contributed by atoms with Crippen LogP contribution in [0.15, 0.2) is 65.8 Å². The lowest BCUT2D eigenvalue weighted by Crippen LogP contribution is -2.20. The molecule has 0 saturated carbocycles. The van der Waals surface area contributed by atoms with Gasteiger partial charge >= 0.3 is 6.03 Å². The molecule has 0 unspecified atom stereocenters. The van der Waals surface area contributed by atoms with Crippen molar-refractivity contribution in [1.29, 1.82) is 0 Å². The Morgan fingerprint density at radius 3 is 2.41 bits per heavy atom. The maximum atomic E-state index is 12.4. The van der Waals surface area contributed by atoms with E-state index in [9.17, 15) is 4.79 Å². The highest BCUT2D eigenvalue weighted by molar-refractivity contribution is 7.98. The Morgan fingerprint density at radius 1 is 0.966 bits per heavy atom. The summed E-state index contributed by atoms with van der Waals surface area (Å²) < 4.78 is 0. The average molecular weight is 406 g/mol. The van der Waals surface area contributed by atoms with Crippen LogP contribution < -0.4 is 15.5 Å². The quantitative estimate of drug-likeness (QED) is 0.577. The predicted octanol–water partition coefficient (Wildman–Crippen LogP) is 5.11. The molecule has 6 nitrogen and oxygen atoms in total. The highest BCUT2D eigenvalue weighted by atomic mass is 32.2. The number of urea groups is 1. The van der Waals surface area contributed by atoms with Crippen LogP contribution in [0.25, 0.3) is 11.3 Å². The van der Waals surface area contributed by atoms with Gasteiger partial charge < -0.3 is 15.5 Å². The zero-order valence-electron chi connectivity index (χ0n) is 16.3. The van der Waals surface area contributed by atoms with Crippen molar-refractivity contribution in [2.24, 2.45) is 0 Å². The third kappa shape index (κ3) is 4.68. The third-order valence-corrected chi connectivity index (χ3v) is 5.53. The van der Waals surface area contributed by atoms with E-state index in [0.717, 1.165) is 40.7 Å². The van der Waals surface area contributed by atoms with Gasteiger partial charge in [-0.1, -0.05) is 18.2 Å². The molecule has 148 valence electrons. The SMILES string of the molecule is CSc1cccc(NC(=O)Nc2cccc(-c3nccnc3N3CCCC3)c2)c1. The molecule has 29 heavy (non-hydrogen) atoms. The van der Waals surface area contributed by atoms with Crippen molar-refractivity contribution in [3.05, 3.63) is 60.9 Å². The molecule has 1 aromatic heterocycles. The molecule has 0 aliphatic carbocycles. The van der Waals surface area contributed by atoms with Crippen LogP contribution in [-0.2, 0) is 0 Å². The first-order valence-electron chi connectivity index (χ1n) is 9.61. The van der Waals surface area contributed by atoms with E-state index in [2.05, 4.69) is 25.5 Å². The summed E-state index contributed by atoms with van der Waals surface area (Å²) in [5, 5.41) is 5.79. The summed E-state index contributed by atoms with van der Waals surface area (Å²) in [4.78, 5) is 24.9. The van der Waals surface area contributed by atoms with Crippen LogP contribution in [0.4, 0.5) is 22.0 Å². The molecule has 0 atom stereocenters. The summed E-state index contributed by atoms with van der Waals surface area (Å²) in [6.07, 6.45) is 7.80. The lowest BCUT2D eigenvalue weighted by molar-refractivity contribution is 0.262. The summed E-state index contributed by atoms with van der Waals surface area (Å²) in [6, 6.07) is 15.2. The topological polar surface area (TPSA) is 70.1 Å². The fraction of sp³-hybridized carbons (Fsp3) is 0.227. The van der Waals surface area contributed by atoms with Crippen LogP contribution in [-0.4, -0.2) is 35.3 Å². The molecule has 1 aliphatic heterocycles. The van der Waals surface area contributed by atoms with E-state index in [1.807, 2.05) is 54.8 Å². The number of hydrogen-bond acceptors (Lipinski definition) is 5. The van der Waals surface area contributed by atoms with E-state index >= 15 is 0 Å². The molecule has 2 amide bonds. The zero-order valence-corrected chi connectivity index (χ0v) is 17.1. The van der Waals surface area contributed by atoms with Gasteiger partial charge in [-0.25, -0.2) is 9.78 Å². The fourth-order valence-electron chi connectivity index (χ4n) is 3.43. The molecule has 3 aromatic rings. The van der Waals surface area contributed by atoms with Gasteiger partial charge in [-0.2, -0.15) is 0 Å². The van der Waals surface area contributed by atoms with Crippen molar-refractivity contribution < 1.29 is 4.79 Å². The van der Waals surface area contributed by atoms with E-state index < -0.39 is 0 Å². The van der Waals surface area contributed by atoms with Crippen molar-refractivity contribution in [1.82, 2.24) is 9.97 Å². The predicted molar refractivity (Wildman–Crippen MR) is 120 cm³/mol. The fourth-order valence-corrected chi connectivity index (χ4v) is 3.89. The van der Waals surface area contributed by atoms with Crippen LogP contribution in [0.5, 0.6) is 0 Å². The van der Waals surface area contributed by atoms with Gasteiger partial charge in [0.1, 0.15) is 5.69 Å². The second-order valence-electron chi connectivity index (χ2n) is 6.81. The highest BCUT2D eigenvalue weighted by Gasteiger charge is 2.19. The summed E-state index contributed by atoms with van der Waals surface area (Å²) in [5.74, 6) is 0.903. The van der Waals surface area contributed by atoms with E-state index in [-0.39, 0.29) is 6.03 Å². The molecule has 7 heteroatoms. The normalized spacial score (nSPS) is 13.3. The Bertz CT molecular complexity index is 1000. The number of hydrogen-bond donors (Lipinski definition) is 2. The number of carbonyl (C=O) groups excluding carboxylic acids is 1. The number of anilines is 3. The maximum absolute atomic E-state index is 12.4. The Kier molecular flexibility index (Phi) is 5.95.